The smallest absolute Gasteiger partial charge is 0.119 e. The molecule has 0 aromatic heterocycles. The average Bonchev–Trinajstić information content (AvgIpc) is 2.47. The van der Waals surface area contributed by atoms with Gasteiger partial charge in [0.2, 0.25) is 0 Å². The van der Waals surface area contributed by atoms with E-state index in [-0.39, 0.29) is 0 Å². The molecular formula is C18H29NO2. The van der Waals surface area contributed by atoms with Crippen LogP contribution in [0.5, 0.6) is 5.75 Å². The molecule has 0 spiro atoms. The van der Waals surface area contributed by atoms with Crippen molar-refractivity contribution in [1.29, 1.82) is 0 Å². The molecule has 0 radical (unpaired) electrons. The quantitative estimate of drug-likeness (QED) is 0.716. The van der Waals surface area contributed by atoms with Crippen LogP contribution in [0.2, 0.25) is 0 Å². The molecule has 1 aliphatic rings. The summed E-state index contributed by atoms with van der Waals surface area (Å²) in [6, 6.07) is 6.46. The molecule has 118 valence electrons. The molecule has 0 aliphatic carbocycles. The number of unbranched alkanes of at least 4 members (excludes halogenated alkanes) is 1. The van der Waals surface area contributed by atoms with Crippen LogP contribution in [0.25, 0.3) is 0 Å². The van der Waals surface area contributed by atoms with E-state index < -0.39 is 0 Å². The first-order chi connectivity index (χ1) is 10.2. The van der Waals surface area contributed by atoms with E-state index in [4.69, 9.17) is 9.47 Å². The van der Waals surface area contributed by atoms with E-state index in [9.17, 15) is 0 Å². The van der Waals surface area contributed by atoms with Crippen LogP contribution in [-0.2, 0) is 4.74 Å². The molecule has 1 heterocycles. The van der Waals surface area contributed by atoms with Gasteiger partial charge in [-0.25, -0.2) is 0 Å². The van der Waals surface area contributed by atoms with E-state index in [0.717, 1.165) is 51.6 Å². The molecule has 0 atom stereocenters. The van der Waals surface area contributed by atoms with Crippen molar-refractivity contribution in [3.05, 3.63) is 29.3 Å². The van der Waals surface area contributed by atoms with Gasteiger partial charge in [0.25, 0.3) is 0 Å². The number of hydrogen-bond donors (Lipinski definition) is 0. The van der Waals surface area contributed by atoms with Crippen molar-refractivity contribution in [2.45, 2.75) is 39.5 Å². The van der Waals surface area contributed by atoms with Crippen LogP contribution in [0.1, 0.15) is 43.7 Å². The zero-order valence-corrected chi connectivity index (χ0v) is 13.7. The summed E-state index contributed by atoms with van der Waals surface area (Å²) in [4.78, 5) is 2.48. The standard InChI is InChI=1S/C18H29NO2/c1-15(2)18-7-6-17(14-16(18)3)21-11-5-4-8-19-9-12-20-13-10-19/h6-7,14-15H,4-5,8-13H2,1-3H3. The molecular weight excluding hydrogens is 262 g/mol. The second-order valence-electron chi connectivity index (χ2n) is 6.18. The lowest BCUT2D eigenvalue weighted by atomic mass is 9.98. The summed E-state index contributed by atoms with van der Waals surface area (Å²) < 4.78 is 11.2. The van der Waals surface area contributed by atoms with Gasteiger partial charge in [-0.05, 0) is 55.5 Å². The minimum atomic E-state index is 0.576. The highest BCUT2D eigenvalue weighted by Gasteiger charge is 2.09. The molecule has 0 amide bonds. The van der Waals surface area contributed by atoms with Crippen LogP contribution in [0.3, 0.4) is 0 Å². The molecule has 3 heteroatoms. The number of ether oxygens (including phenoxy) is 2. The van der Waals surface area contributed by atoms with Gasteiger partial charge in [0.1, 0.15) is 5.75 Å². The highest BCUT2D eigenvalue weighted by molar-refractivity contribution is 5.36. The van der Waals surface area contributed by atoms with Crippen LogP contribution in [-0.4, -0.2) is 44.4 Å². The Kier molecular flexibility index (Phi) is 6.52. The van der Waals surface area contributed by atoms with Gasteiger partial charge < -0.3 is 9.47 Å². The number of nitrogens with zero attached hydrogens (tertiary/aromatic N) is 1. The predicted molar refractivity (Wildman–Crippen MR) is 87.3 cm³/mol. The average molecular weight is 291 g/mol. The van der Waals surface area contributed by atoms with Gasteiger partial charge in [-0.1, -0.05) is 19.9 Å². The van der Waals surface area contributed by atoms with E-state index in [0.29, 0.717) is 5.92 Å². The Morgan fingerprint density at radius 3 is 2.62 bits per heavy atom. The third kappa shape index (κ3) is 5.33. The van der Waals surface area contributed by atoms with Crippen molar-refractivity contribution >= 4 is 0 Å². The van der Waals surface area contributed by atoms with Crippen molar-refractivity contribution in [3.63, 3.8) is 0 Å². The maximum atomic E-state index is 5.87. The molecule has 1 aromatic rings. The second-order valence-corrected chi connectivity index (χ2v) is 6.18. The topological polar surface area (TPSA) is 21.7 Å². The SMILES string of the molecule is Cc1cc(OCCCCN2CCOCC2)ccc1C(C)C. The molecule has 0 unspecified atom stereocenters. The minimum Gasteiger partial charge on any atom is -0.494 e. The lowest BCUT2D eigenvalue weighted by Gasteiger charge is -2.26. The Balaban J connectivity index is 1.65. The second kappa shape index (κ2) is 8.40. The number of morpholine rings is 1. The maximum absolute atomic E-state index is 5.87. The summed E-state index contributed by atoms with van der Waals surface area (Å²) in [7, 11) is 0. The van der Waals surface area contributed by atoms with Gasteiger partial charge in [-0.3, -0.25) is 4.90 Å². The van der Waals surface area contributed by atoms with E-state index in [1.165, 1.54) is 17.5 Å². The lowest BCUT2D eigenvalue weighted by Crippen LogP contribution is -2.36. The van der Waals surface area contributed by atoms with Crippen LogP contribution in [0.15, 0.2) is 18.2 Å². The third-order valence-electron chi connectivity index (χ3n) is 4.10. The summed E-state index contributed by atoms with van der Waals surface area (Å²) in [6.45, 7) is 12.5. The Morgan fingerprint density at radius 1 is 1.19 bits per heavy atom. The Hall–Kier alpha value is -1.06. The Bertz CT molecular complexity index is 425. The number of aryl methyl sites for hydroxylation is 1. The van der Waals surface area contributed by atoms with Crippen LogP contribution >= 0.6 is 0 Å². The third-order valence-corrected chi connectivity index (χ3v) is 4.10. The van der Waals surface area contributed by atoms with Crippen molar-refractivity contribution in [3.8, 4) is 5.75 Å². The normalized spacial score (nSPS) is 16.4. The largest absolute Gasteiger partial charge is 0.494 e. The molecule has 0 saturated carbocycles. The molecule has 1 saturated heterocycles. The van der Waals surface area contributed by atoms with Crippen molar-refractivity contribution in [2.24, 2.45) is 0 Å². The van der Waals surface area contributed by atoms with Gasteiger partial charge in [0, 0.05) is 13.1 Å². The molecule has 21 heavy (non-hydrogen) atoms. The summed E-state index contributed by atoms with van der Waals surface area (Å²) in [5, 5.41) is 0. The van der Waals surface area contributed by atoms with E-state index >= 15 is 0 Å². The van der Waals surface area contributed by atoms with Crippen LogP contribution < -0.4 is 4.74 Å². The number of rotatable bonds is 7. The fourth-order valence-corrected chi connectivity index (χ4v) is 2.84. The first-order valence-electron chi connectivity index (χ1n) is 8.20. The Morgan fingerprint density at radius 2 is 1.95 bits per heavy atom. The highest BCUT2D eigenvalue weighted by atomic mass is 16.5. The molecule has 1 fully saturated rings. The highest BCUT2D eigenvalue weighted by Crippen LogP contribution is 2.23. The molecule has 1 aromatic carbocycles. The fraction of sp³-hybridized carbons (Fsp3) is 0.667. The van der Waals surface area contributed by atoms with Gasteiger partial charge in [-0.2, -0.15) is 0 Å². The first kappa shape index (κ1) is 16.3. The van der Waals surface area contributed by atoms with E-state index in [2.05, 4.69) is 43.9 Å². The molecule has 3 nitrogen and oxygen atoms in total. The summed E-state index contributed by atoms with van der Waals surface area (Å²) in [5.74, 6) is 1.58. The van der Waals surface area contributed by atoms with Gasteiger partial charge in [-0.15, -0.1) is 0 Å². The first-order valence-corrected chi connectivity index (χ1v) is 8.20. The summed E-state index contributed by atoms with van der Waals surface area (Å²) in [6.07, 6.45) is 2.31. The monoisotopic (exact) mass is 291 g/mol. The molecule has 1 aliphatic heterocycles. The zero-order chi connectivity index (χ0) is 15.1. The summed E-state index contributed by atoms with van der Waals surface area (Å²) in [5.41, 5.74) is 2.74. The van der Waals surface area contributed by atoms with Crippen molar-refractivity contribution in [2.75, 3.05) is 39.5 Å². The fourth-order valence-electron chi connectivity index (χ4n) is 2.84. The van der Waals surface area contributed by atoms with Gasteiger partial charge in [0.05, 0.1) is 19.8 Å². The maximum Gasteiger partial charge on any atom is 0.119 e. The van der Waals surface area contributed by atoms with E-state index in [1.807, 2.05) is 0 Å². The number of hydrogen-bond acceptors (Lipinski definition) is 3. The van der Waals surface area contributed by atoms with E-state index in [1.54, 1.807) is 0 Å². The predicted octanol–water partition coefficient (Wildman–Crippen LogP) is 3.61. The molecule has 2 rings (SSSR count). The van der Waals surface area contributed by atoms with Crippen LogP contribution in [0, 0.1) is 6.92 Å². The van der Waals surface area contributed by atoms with Crippen molar-refractivity contribution in [1.82, 2.24) is 4.90 Å². The Labute approximate surface area is 129 Å². The van der Waals surface area contributed by atoms with Gasteiger partial charge >= 0.3 is 0 Å². The lowest BCUT2D eigenvalue weighted by molar-refractivity contribution is 0.0368. The van der Waals surface area contributed by atoms with Crippen LogP contribution in [0.4, 0.5) is 0 Å². The summed E-state index contributed by atoms with van der Waals surface area (Å²) >= 11 is 0. The minimum absolute atomic E-state index is 0.576. The number of benzene rings is 1. The zero-order valence-electron chi connectivity index (χ0n) is 13.7. The van der Waals surface area contributed by atoms with Gasteiger partial charge in [0.15, 0.2) is 0 Å². The van der Waals surface area contributed by atoms with Crippen molar-refractivity contribution < 1.29 is 9.47 Å². The molecule has 0 bridgehead atoms. The molecule has 0 N–H and O–H groups in total.